The van der Waals surface area contributed by atoms with E-state index in [0.29, 0.717) is 5.69 Å². The fraction of sp³-hybridized carbons (Fsp3) is 0.0909. The third-order valence-electron chi connectivity index (χ3n) is 5.06. The molecule has 2 aromatic heterocycles. The second-order valence-electron chi connectivity index (χ2n) is 6.76. The summed E-state index contributed by atoms with van der Waals surface area (Å²) < 4.78 is 0. The Labute approximate surface area is 161 Å². The average molecular weight is 367 g/mol. The van der Waals surface area contributed by atoms with E-state index >= 15 is 0 Å². The first-order valence-corrected chi connectivity index (χ1v) is 9.12. The maximum absolute atomic E-state index is 12.4. The summed E-state index contributed by atoms with van der Waals surface area (Å²) in [5, 5.41) is 13.7. The third kappa shape index (κ3) is 2.85. The summed E-state index contributed by atoms with van der Waals surface area (Å²) in [6.07, 6.45) is 7.07. The van der Waals surface area contributed by atoms with Gasteiger partial charge < -0.3 is 0 Å². The van der Waals surface area contributed by atoms with Gasteiger partial charge in [0.25, 0.3) is 5.91 Å². The highest BCUT2D eigenvalue weighted by molar-refractivity contribution is 6.02. The van der Waals surface area contributed by atoms with Crippen molar-refractivity contribution >= 4 is 22.9 Å². The van der Waals surface area contributed by atoms with Crippen LogP contribution in [0.4, 0.5) is 0 Å². The van der Waals surface area contributed by atoms with Crippen molar-refractivity contribution in [2.75, 3.05) is 0 Å². The summed E-state index contributed by atoms with van der Waals surface area (Å²) in [6.45, 7) is 0. The van der Waals surface area contributed by atoms with Crippen LogP contribution in [-0.2, 0) is 12.8 Å². The lowest BCUT2D eigenvalue weighted by Gasteiger charge is -2.06. The van der Waals surface area contributed by atoms with E-state index in [1.807, 2.05) is 0 Å². The molecule has 0 fully saturated rings. The van der Waals surface area contributed by atoms with E-state index in [9.17, 15) is 4.79 Å². The van der Waals surface area contributed by atoms with Crippen LogP contribution in [0.1, 0.15) is 27.2 Å². The van der Waals surface area contributed by atoms with Gasteiger partial charge in [-0.05, 0) is 58.5 Å². The van der Waals surface area contributed by atoms with Crippen molar-refractivity contribution in [3.05, 3.63) is 83.3 Å². The van der Waals surface area contributed by atoms with E-state index in [4.69, 9.17) is 0 Å². The Morgan fingerprint density at radius 3 is 2.75 bits per heavy atom. The number of H-pyrrole nitrogens is 1. The first-order chi connectivity index (χ1) is 13.8. The first-order valence-electron chi connectivity index (χ1n) is 9.12. The number of nitrogens with zero attached hydrogens (tertiary/aromatic N) is 3. The Morgan fingerprint density at radius 1 is 1.07 bits per heavy atom. The second kappa shape index (κ2) is 6.74. The highest BCUT2D eigenvalue weighted by Gasteiger charge is 2.18. The second-order valence-corrected chi connectivity index (χ2v) is 6.76. The predicted octanol–water partition coefficient (Wildman–Crippen LogP) is 3.49. The molecule has 1 amide bonds. The standard InChI is InChI=1S/C22H17N5O/c28-22(27-24-13-14-8-10-23-11-9-14)20-12-19(25-26-20)17-7-6-16-5-4-15-2-1-3-18(17)21(15)16/h1-3,6-13H,4-5H2,(H,25,26)(H,27,28). The Hall–Kier alpha value is -3.80. The van der Waals surface area contributed by atoms with E-state index in [2.05, 4.69) is 56.0 Å². The molecule has 0 saturated heterocycles. The molecular weight excluding hydrogens is 350 g/mol. The maximum atomic E-state index is 12.4. The molecule has 136 valence electrons. The number of amides is 1. The molecule has 6 heteroatoms. The number of nitrogens with one attached hydrogen (secondary N) is 2. The van der Waals surface area contributed by atoms with Crippen LogP contribution in [0.5, 0.6) is 0 Å². The van der Waals surface area contributed by atoms with Gasteiger partial charge in [0.2, 0.25) is 0 Å². The largest absolute Gasteiger partial charge is 0.289 e. The lowest BCUT2D eigenvalue weighted by Crippen LogP contribution is -2.17. The smallest absolute Gasteiger partial charge is 0.272 e. The molecule has 2 heterocycles. The number of aromatic amines is 1. The molecule has 0 unspecified atom stereocenters. The van der Waals surface area contributed by atoms with Gasteiger partial charge in [-0.2, -0.15) is 10.2 Å². The van der Waals surface area contributed by atoms with Crippen LogP contribution in [0, 0.1) is 0 Å². The van der Waals surface area contributed by atoms with E-state index in [1.54, 1.807) is 36.8 Å². The van der Waals surface area contributed by atoms with Crippen molar-refractivity contribution in [1.29, 1.82) is 0 Å². The van der Waals surface area contributed by atoms with Crippen LogP contribution in [0.25, 0.3) is 22.0 Å². The van der Waals surface area contributed by atoms with Gasteiger partial charge in [0.15, 0.2) is 0 Å². The summed E-state index contributed by atoms with van der Waals surface area (Å²) in [5.74, 6) is -0.338. The Kier molecular flexibility index (Phi) is 3.94. The quantitative estimate of drug-likeness (QED) is 0.428. The van der Waals surface area contributed by atoms with Crippen molar-refractivity contribution in [2.45, 2.75) is 12.8 Å². The molecule has 28 heavy (non-hydrogen) atoms. The number of hydrogen-bond acceptors (Lipinski definition) is 4. The molecule has 0 aliphatic heterocycles. The van der Waals surface area contributed by atoms with Crippen LogP contribution in [-0.4, -0.2) is 27.3 Å². The zero-order valence-electron chi connectivity index (χ0n) is 15.0. The van der Waals surface area contributed by atoms with E-state index in [1.165, 1.54) is 21.9 Å². The summed E-state index contributed by atoms with van der Waals surface area (Å²) in [6, 6.07) is 16.0. The number of carbonyl (C=O) groups excluding carboxylic acids is 1. The van der Waals surface area contributed by atoms with Gasteiger partial charge in [-0.25, -0.2) is 5.43 Å². The monoisotopic (exact) mass is 367 g/mol. The van der Waals surface area contributed by atoms with E-state index in [-0.39, 0.29) is 5.91 Å². The van der Waals surface area contributed by atoms with Gasteiger partial charge >= 0.3 is 0 Å². The number of hydrogen-bond donors (Lipinski definition) is 2. The summed E-state index contributed by atoms with van der Waals surface area (Å²) in [4.78, 5) is 16.3. The van der Waals surface area contributed by atoms with E-state index < -0.39 is 0 Å². The van der Waals surface area contributed by atoms with Crippen molar-refractivity contribution in [2.24, 2.45) is 5.10 Å². The molecule has 0 spiro atoms. The van der Waals surface area contributed by atoms with Gasteiger partial charge in [0, 0.05) is 18.0 Å². The van der Waals surface area contributed by atoms with Crippen molar-refractivity contribution < 1.29 is 4.79 Å². The van der Waals surface area contributed by atoms with Gasteiger partial charge in [-0.3, -0.25) is 14.9 Å². The number of hydrazone groups is 1. The molecule has 1 aliphatic carbocycles. The van der Waals surface area contributed by atoms with Crippen LogP contribution in [0.3, 0.4) is 0 Å². The normalized spacial score (nSPS) is 12.7. The topological polar surface area (TPSA) is 83.0 Å². The molecule has 0 atom stereocenters. The Bertz CT molecular complexity index is 1200. The molecule has 0 radical (unpaired) electrons. The number of aryl methyl sites for hydroxylation is 2. The van der Waals surface area contributed by atoms with Crippen molar-refractivity contribution in [3.8, 4) is 11.3 Å². The molecule has 0 saturated carbocycles. The molecule has 1 aliphatic rings. The fourth-order valence-electron chi connectivity index (χ4n) is 3.72. The molecule has 2 N–H and O–H groups in total. The Morgan fingerprint density at radius 2 is 1.89 bits per heavy atom. The minimum atomic E-state index is -0.338. The van der Waals surface area contributed by atoms with E-state index in [0.717, 1.165) is 29.7 Å². The van der Waals surface area contributed by atoms with Crippen LogP contribution >= 0.6 is 0 Å². The zero-order valence-corrected chi connectivity index (χ0v) is 15.0. The van der Waals surface area contributed by atoms with Crippen molar-refractivity contribution in [3.63, 3.8) is 0 Å². The van der Waals surface area contributed by atoms with Crippen LogP contribution in [0.15, 0.2) is 66.0 Å². The van der Waals surface area contributed by atoms with Gasteiger partial charge in [-0.1, -0.05) is 30.3 Å². The molecule has 2 aromatic carbocycles. The van der Waals surface area contributed by atoms with Crippen LogP contribution in [0.2, 0.25) is 0 Å². The highest BCUT2D eigenvalue weighted by Crippen LogP contribution is 2.36. The number of pyridine rings is 1. The SMILES string of the molecule is O=C(NN=Cc1ccncc1)c1cc(-c2ccc3c4c(cccc24)CC3)n[nH]1. The molecule has 5 rings (SSSR count). The highest BCUT2D eigenvalue weighted by atomic mass is 16.2. The maximum Gasteiger partial charge on any atom is 0.289 e. The number of benzene rings is 2. The fourth-order valence-corrected chi connectivity index (χ4v) is 3.72. The third-order valence-corrected chi connectivity index (χ3v) is 5.06. The van der Waals surface area contributed by atoms with Gasteiger partial charge in [0.05, 0.1) is 11.9 Å². The molecule has 6 nitrogen and oxygen atoms in total. The molecule has 4 aromatic rings. The zero-order chi connectivity index (χ0) is 18.9. The van der Waals surface area contributed by atoms with Crippen LogP contribution < -0.4 is 5.43 Å². The summed E-state index contributed by atoms with van der Waals surface area (Å²) >= 11 is 0. The number of carbonyl (C=O) groups is 1. The summed E-state index contributed by atoms with van der Waals surface area (Å²) in [7, 11) is 0. The minimum absolute atomic E-state index is 0.338. The number of aromatic nitrogens is 3. The number of rotatable bonds is 4. The lowest BCUT2D eigenvalue weighted by molar-refractivity contribution is 0.0950. The molecular formula is C22H17N5O. The first kappa shape index (κ1) is 16.4. The Balaban J connectivity index is 1.40. The average Bonchev–Trinajstić information content (AvgIpc) is 3.38. The van der Waals surface area contributed by atoms with Gasteiger partial charge in [-0.15, -0.1) is 0 Å². The van der Waals surface area contributed by atoms with Gasteiger partial charge in [0.1, 0.15) is 5.69 Å². The lowest BCUT2D eigenvalue weighted by atomic mass is 9.98. The summed E-state index contributed by atoms with van der Waals surface area (Å²) in [5.41, 5.74) is 8.28. The minimum Gasteiger partial charge on any atom is -0.272 e. The molecule has 0 bridgehead atoms. The predicted molar refractivity (Wildman–Crippen MR) is 108 cm³/mol. The van der Waals surface area contributed by atoms with Crippen molar-refractivity contribution in [1.82, 2.24) is 20.6 Å².